The van der Waals surface area contributed by atoms with E-state index in [1.165, 1.54) is 22.6 Å². The molecule has 1 aliphatic rings. The Kier molecular flexibility index (Phi) is 6.00. The number of anilines is 1. The number of carboxylic acid groups (broad SMARTS) is 1. The molecule has 0 unspecified atom stereocenters. The van der Waals surface area contributed by atoms with E-state index in [0.29, 0.717) is 12.1 Å². The third kappa shape index (κ3) is 4.77. The van der Waals surface area contributed by atoms with Gasteiger partial charge in [0.15, 0.2) is 0 Å². The van der Waals surface area contributed by atoms with Gasteiger partial charge in [0.05, 0.1) is 5.56 Å². The van der Waals surface area contributed by atoms with Crippen LogP contribution in [0.1, 0.15) is 27.0 Å². The van der Waals surface area contributed by atoms with Crippen LogP contribution in [0.4, 0.5) is 5.69 Å². The van der Waals surface area contributed by atoms with Crippen molar-refractivity contribution in [1.29, 1.82) is 0 Å². The average molecular weight is 356 g/mol. The van der Waals surface area contributed by atoms with E-state index in [4.69, 9.17) is 5.11 Å². The monoisotopic (exact) mass is 356 g/mol. The first-order valence-corrected chi connectivity index (χ1v) is 9.73. The summed E-state index contributed by atoms with van der Waals surface area (Å²) in [5, 5.41) is 12.6. The first-order valence-electron chi connectivity index (χ1n) is 8.58. The van der Waals surface area contributed by atoms with E-state index in [1.54, 1.807) is 18.2 Å². The molecule has 1 fully saturated rings. The minimum atomic E-state index is -0.889. The first kappa shape index (κ1) is 17.8. The zero-order valence-electron chi connectivity index (χ0n) is 14.5. The molecule has 4 nitrogen and oxygen atoms in total. The third-order valence-electron chi connectivity index (χ3n) is 4.60. The number of nitrogens with zero attached hydrogens (tertiary/aromatic N) is 1. The van der Waals surface area contributed by atoms with Crippen LogP contribution in [0.2, 0.25) is 0 Å². The summed E-state index contributed by atoms with van der Waals surface area (Å²) in [6.45, 7) is 6.08. The molecular formula is C20H24N2O2S. The van der Waals surface area contributed by atoms with E-state index >= 15 is 0 Å². The van der Waals surface area contributed by atoms with E-state index in [2.05, 4.69) is 35.3 Å². The van der Waals surface area contributed by atoms with E-state index in [-0.39, 0.29) is 0 Å². The molecule has 132 valence electrons. The average Bonchev–Trinajstić information content (AvgIpc) is 2.63. The zero-order chi connectivity index (χ0) is 17.6. The minimum absolute atomic E-state index is 0.327. The lowest BCUT2D eigenvalue weighted by Crippen LogP contribution is -2.32. The fourth-order valence-electron chi connectivity index (χ4n) is 3.06. The number of carbonyl (C=O) groups is 1. The highest BCUT2D eigenvalue weighted by atomic mass is 32.2. The van der Waals surface area contributed by atoms with Gasteiger partial charge in [-0.25, -0.2) is 4.79 Å². The predicted octanol–water partition coefficient (Wildman–Crippen LogP) is 3.85. The van der Waals surface area contributed by atoms with Gasteiger partial charge in [-0.2, -0.15) is 11.8 Å². The first-order chi connectivity index (χ1) is 12.1. The molecule has 5 heteroatoms. The molecule has 0 bridgehead atoms. The van der Waals surface area contributed by atoms with E-state index in [1.807, 2.05) is 17.8 Å². The molecule has 0 radical (unpaired) electrons. The van der Waals surface area contributed by atoms with E-state index < -0.39 is 5.97 Å². The minimum Gasteiger partial charge on any atom is -0.478 e. The van der Waals surface area contributed by atoms with Gasteiger partial charge in [-0.3, -0.25) is 4.90 Å². The highest BCUT2D eigenvalue weighted by Gasteiger charge is 2.13. The van der Waals surface area contributed by atoms with Gasteiger partial charge in [0, 0.05) is 43.4 Å². The fraction of sp³-hybridized carbons (Fsp3) is 0.350. The summed E-state index contributed by atoms with van der Waals surface area (Å²) in [6.07, 6.45) is 0. The number of rotatable bonds is 6. The van der Waals surface area contributed by atoms with Crippen LogP contribution in [0, 0.1) is 6.92 Å². The van der Waals surface area contributed by atoms with Crippen molar-refractivity contribution in [3.63, 3.8) is 0 Å². The number of benzene rings is 2. The second kappa shape index (κ2) is 8.41. The van der Waals surface area contributed by atoms with Gasteiger partial charge in [-0.15, -0.1) is 0 Å². The normalized spacial score (nSPS) is 15.1. The molecule has 2 N–H and O–H groups in total. The Labute approximate surface area is 153 Å². The Hall–Kier alpha value is -1.98. The van der Waals surface area contributed by atoms with Crippen molar-refractivity contribution in [2.24, 2.45) is 0 Å². The quantitative estimate of drug-likeness (QED) is 0.823. The molecular weight excluding hydrogens is 332 g/mol. The Morgan fingerprint density at radius 2 is 1.96 bits per heavy atom. The van der Waals surface area contributed by atoms with Gasteiger partial charge in [0.2, 0.25) is 0 Å². The standard InChI is InChI=1S/C20H24N2O2S/c1-15-18(14-22-8-10-25-11-9-22)6-3-7-19(15)21-13-16-4-2-5-17(12-16)20(23)24/h2-7,12,21H,8-11,13-14H2,1H3,(H,23,24). The number of carboxylic acids is 1. The summed E-state index contributed by atoms with van der Waals surface area (Å²) in [7, 11) is 0. The fourth-order valence-corrected chi connectivity index (χ4v) is 4.04. The smallest absolute Gasteiger partial charge is 0.335 e. The number of hydrogen-bond donors (Lipinski definition) is 2. The van der Waals surface area contributed by atoms with Gasteiger partial charge in [0.1, 0.15) is 0 Å². The summed E-state index contributed by atoms with van der Waals surface area (Å²) in [4.78, 5) is 13.6. The zero-order valence-corrected chi connectivity index (χ0v) is 15.3. The Bertz CT molecular complexity index is 742. The highest BCUT2D eigenvalue weighted by molar-refractivity contribution is 7.99. The van der Waals surface area contributed by atoms with Crippen LogP contribution in [0.25, 0.3) is 0 Å². The van der Waals surface area contributed by atoms with Crippen molar-refractivity contribution >= 4 is 23.4 Å². The van der Waals surface area contributed by atoms with Crippen molar-refractivity contribution < 1.29 is 9.90 Å². The van der Waals surface area contributed by atoms with Crippen molar-refractivity contribution in [2.45, 2.75) is 20.0 Å². The molecule has 0 amide bonds. The maximum atomic E-state index is 11.1. The molecule has 1 heterocycles. The molecule has 1 saturated heterocycles. The van der Waals surface area contributed by atoms with Gasteiger partial charge < -0.3 is 10.4 Å². The predicted molar refractivity (Wildman–Crippen MR) is 105 cm³/mol. The highest BCUT2D eigenvalue weighted by Crippen LogP contribution is 2.22. The molecule has 0 spiro atoms. The Morgan fingerprint density at radius 3 is 2.72 bits per heavy atom. The number of thioether (sulfide) groups is 1. The summed E-state index contributed by atoms with van der Waals surface area (Å²) in [5.41, 5.74) is 5.04. The Balaban J connectivity index is 1.67. The number of aromatic carboxylic acids is 1. The molecule has 25 heavy (non-hydrogen) atoms. The Morgan fingerprint density at radius 1 is 1.20 bits per heavy atom. The van der Waals surface area contributed by atoms with Crippen molar-refractivity contribution in [3.8, 4) is 0 Å². The van der Waals surface area contributed by atoms with Gasteiger partial charge >= 0.3 is 5.97 Å². The van der Waals surface area contributed by atoms with Gasteiger partial charge in [-0.1, -0.05) is 24.3 Å². The van der Waals surface area contributed by atoms with E-state index in [0.717, 1.165) is 30.9 Å². The van der Waals surface area contributed by atoms with Crippen LogP contribution in [0.5, 0.6) is 0 Å². The van der Waals surface area contributed by atoms with Crippen LogP contribution in [0.3, 0.4) is 0 Å². The van der Waals surface area contributed by atoms with Crippen LogP contribution < -0.4 is 5.32 Å². The molecule has 1 aliphatic heterocycles. The lowest BCUT2D eigenvalue weighted by atomic mass is 10.1. The van der Waals surface area contributed by atoms with Gasteiger partial charge in [-0.05, 0) is 41.8 Å². The molecule has 0 saturated carbocycles. The largest absolute Gasteiger partial charge is 0.478 e. The maximum absolute atomic E-state index is 11.1. The summed E-state index contributed by atoms with van der Waals surface area (Å²) in [5.74, 6) is 1.55. The molecule has 0 atom stereocenters. The summed E-state index contributed by atoms with van der Waals surface area (Å²) in [6, 6.07) is 13.5. The topological polar surface area (TPSA) is 52.6 Å². The van der Waals surface area contributed by atoms with Crippen LogP contribution in [-0.4, -0.2) is 40.6 Å². The lowest BCUT2D eigenvalue weighted by molar-refractivity contribution is 0.0697. The SMILES string of the molecule is Cc1c(CN2CCSCC2)cccc1NCc1cccc(C(=O)O)c1. The number of nitrogens with one attached hydrogen (secondary N) is 1. The lowest BCUT2D eigenvalue weighted by Gasteiger charge is -2.27. The van der Waals surface area contributed by atoms with Crippen molar-refractivity contribution in [1.82, 2.24) is 4.90 Å². The second-order valence-corrected chi connectivity index (χ2v) is 7.56. The van der Waals surface area contributed by atoms with Crippen LogP contribution >= 0.6 is 11.8 Å². The van der Waals surface area contributed by atoms with Crippen LogP contribution in [0.15, 0.2) is 42.5 Å². The molecule has 3 rings (SSSR count). The van der Waals surface area contributed by atoms with E-state index in [9.17, 15) is 4.79 Å². The maximum Gasteiger partial charge on any atom is 0.335 e. The molecule has 2 aromatic rings. The second-order valence-electron chi connectivity index (χ2n) is 6.34. The summed E-state index contributed by atoms with van der Waals surface area (Å²) < 4.78 is 0. The summed E-state index contributed by atoms with van der Waals surface area (Å²) >= 11 is 2.03. The molecule has 2 aromatic carbocycles. The third-order valence-corrected chi connectivity index (χ3v) is 5.54. The molecule has 0 aromatic heterocycles. The molecule has 0 aliphatic carbocycles. The van der Waals surface area contributed by atoms with Crippen LogP contribution in [-0.2, 0) is 13.1 Å². The van der Waals surface area contributed by atoms with Crippen molar-refractivity contribution in [3.05, 3.63) is 64.7 Å². The van der Waals surface area contributed by atoms with Gasteiger partial charge in [0.25, 0.3) is 0 Å². The number of hydrogen-bond acceptors (Lipinski definition) is 4. The van der Waals surface area contributed by atoms with Crippen molar-refractivity contribution in [2.75, 3.05) is 29.9 Å².